The maximum absolute atomic E-state index is 12.6. The van der Waals surface area contributed by atoms with Crippen LogP contribution in [0.1, 0.15) is 0 Å². The Morgan fingerprint density at radius 1 is 1.10 bits per heavy atom. The molecule has 2 N–H and O–H groups in total. The minimum Gasteiger partial charge on any atom is -0.508 e. The third-order valence-corrected chi connectivity index (χ3v) is 3.48. The molecular formula is C15H13NO4. The second-order valence-electron chi connectivity index (χ2n) is 4.60. The first-order valence-corrected chi connectivity index (χ1v) is 6.06. The van der Waals surface area contributed by atoms with Crippen molar-refractivity contribution in [1.82, 2.24) is 4.57 Å². The number of phenols is 2. The van der Waals surface area contributed by atoms with E-state index in [0.717, 1.165) is 0 Å². The van der Waals surface area contributed by atoms with E-state index in [9.17, 15) is 15.0 Å². The minimum atomic E-state index is -0.317. The first-order chi connectivity index (χ1) is 9.54. The molecule has 3 rings (SSSR count). The predicted octanol–water partition coefficient (Wildman–Crippen LogP) is 2.11. The second kappa shape index (κ2) is 4.16. The molecule has 2 aromatic carbocycles. The highest BCUT2D eigenvalue weighted by Crippen LogP contribution is 2.32. The molecule has 102 valence electrons. The first kappa shape index (κ1) is 12.3. The lowest BCUT2D eigenvalue weighted by molar-refractivity contribution is 0.412. The fourth-order valence-electron chi connectivity index (χ4n) is 2.54. The summed E-state index contributed by atoms with van der Waals surface area (Å²) in [6.45, 7) is 0. The fraction of sp³-hybridized carbons (Fsp3) is 0.133. The Kier molecular flexibility index (Phi) is 2.57. The number of benzene rings is 2. The van der Waals surface area contributed by atoms with Crippen molar-refractivity contribution in [1.29, 1.82) is 0 Å². The molecule has 0 saturated heterocycles. The lowest BCUT2D eigenvalue weighted by Gasteiger charge is -2.13. The van der Waals surface area contributed by atoms with Crippen LogP contribution in [0.4, 0.5) is 0 Å². The van der Waals surface area contributed by atoms with Gasteiger partial charge in [0.1, 0.15) is 17.2 Å². The highest BCUT2D eigenvalue weighted by atomic mass is 16.5. The third-order valence-electron chi connectivity index (χ3n) is 3.48. The van der Waals surface area contributed by atoms with E-state index in [0.29, 0.717) is 16.4 Å². The predicted molar refractivity (Wildman–Crippen MR) is 76.6 cm³/mol. The summed E-state index contributed by atoms with van der Waals surface area (Å²) < 4.78 is 6.92. The number of hydrogen-bond donors (Lipinski definition) is 2. The Morgan fingerprint density at radius 2 is 1.85 bits per heavy atom. The standard InChI is InChI=1S/C15H13NO4/c1-16-9-4-3-5-11(18)13(9)15(19)14-10(16)6-8(17)7-12(14)20-2/h3-7,17-18H,1-2H3. The van der Waals surface area contributed by atoms with Crippen molar-refractivity contribution in [3.8, 4) is 17.2 Å². The molecule has 0 aliphatic heterocycles. The zero-order valence-corrected chi connectivity index (χ0v) is 11.0. The van der Waals surface area contributed by atoms with E-state index >= 15 is 0 Å². The van der Waals surface area contributed by atoms with Crippen LogP contribution in [-0.2, 0) is 7.05 Å². The largest absolute Gasteiger partial charge is 0.508 e. The van der Waals surface area contributed by atoms with Gasteiger partial charge in [-0.3, -0.25) is 4.79 Å². The highest BCUT2D eigenvalue weighted by Gasteiger charge is 2.16. The van der Waals surface area contributed by atoms with Gasteiger partial charge in [0.15, 0.2) is 0 Å². The second-order valence-corrected chi connectivity index (χ2v) is 4.60. The van der Waals surface area contributed by atoms with Gasteiger partial charge in [0.05, 0.1) is 28.9 Å². The molecule has 0 spiro atoms. The Bertz CT molecular complexity index is 896. The van der Waals surface area contributed by atoms with Gasteiger partial charge in [-0.25, -0.2) is 0 Å². The Hall–Kier alpha value is -2.69. The monoisotopic (exact) mass is 271 g/mol. The van der Waals surface area contributed by atoms with Crippen LogP contribution in [0.15, 0.2) is 35.1 Å². The summed E-state index contributed by atoms with van der Waals surface area (Å²) in [5.74, 6) is 0.231. The van der Waals surface area contributed by atoms with Crippen LogP contribution in [0, 0.1) is 0 Å². The van der Waals surface area contributed by atoms with E-state index in [4.69, 9.17) is 4.74 Å². The van der Waals surface area contributed by atoms with Gasteiger partial charge >= 0.3 is 0 Å². The van der Waals surface area contributed by atoms with Gasteiger partial charge in [-0.15, -0.1) is 0 Å². The summed E-state index contributed by atoms with van der Waals surface area (Å²) in [5, 5.41) is 20.3. The van der Waals surface area contributed by atoms with Gasteiger partial charge < -0.3 is 19.5 Å². The molecule has 5 nitrogen and oxygen atoms in total. The molecule has 0 amide bonds. The molecule has 0 saturated carbocycles. The Labute approximate surface area is 114 Å². The van der Waals surface area contributed by atoms with E-state index < -0.39 is 0 Å². The fourth-order valence-corrected chi connectivity index (χ4v) is 2.54. The van der Waals surface area contributed by atoms with Gasteiger partial charge in [-0.1, -0.05) is 6.07 Å². The van der Waals surface area contributed by atoms with Crippen molar-refractivity contribution in [2.75, 3.05) is 7.11 Å². The number of methoxy groups -OCH3 is 1. The maximum atomic E-state index is 12.6. The molecule has 5 heteroatoms. The number of aromatic hydroxyl groups is 2. The number of nitrogens with zero attached hydrogens (tertiary/aromatic N) is 1. The number of hydrogen-bond acceptors (Lipinski definition) is 4. The van der Waals surface area contributed by atoms with Crippen LogP contribution < -0.4 is 10.2 Å². The molecule has 0 atom stereocenters. The number of pyridine rings is 1. The number of fused-ring (bicyclic) bond motifs is 2. The van der Waals surface area contributed by atoms with Crippen molar-refractivity contribution >= 4 is 21.8 Å². The van der Waals surface area contributed by atoms with Crippen molar-refractivity contribution in [3.05, 3.63) is 40.6 Å². The lowest BCUT2D eigenvalue weighted by atomic mass is 10.1. The molecular weight excluding hydrogens is 258 g/mol. The number of ether oxygens (including phenoxy) is 1. The summed E-state index contributed by atoms with van der Waals surface area (Å²) in [6.07, 6.45) is 0. The normalized spacial score (nSPS) is 11.1. The molecule has 1 heterocycles. The molecule has 0 fully saturated rings. The van der Waals surface area contributed by atoms with Crippen molar-refractivity contribution < 1.29 is 14.9 Å². The summed E-state index contributed by atoms with van der Waals surface area (Å²) in [6, 6.07) is 7.77. The molecule has 0 radical (unpaired) electrons. The van der Waals surface area contributed by atoms with E-state index in [1.165, 1.54) is 25.3 Å². The number of phenolic OH excluding ortho intramolecular Hbond substituents is 2. The van der Waals surface area contributed by atoms with Crippen molar-refractivity contribution in [2.45, 2.75) is 0 Å². The van der Waals surface area contributed by atoms with Crippen molar-refractivity contribution in [3.63, 3.8) is 0 Å². The molecule has 0 unspecified atom stereocenters. The third kappa shape index (κ3) is 1.53. The molecule has 20 heavy (non-hydrogen) atoms. The summed E-state index contributed by atoms with van der Waals surface area (Å²) in [4.78, 5) is 12.6. The van der Waals surface area contributed by atoms with E-state index in [2.05, 4.69) is 0 Å². The van der Waals surface area contributed by atoms with Gasteiger partial charge in [0.2, 0.25) is 5.43 Å². The van der Waals surface area contributed by atoms with Crippen LogP contribution in [0.2, 0.25) is 0 Å². The van der Waals surface area contributed by atoms with Crippen LogP contribution in [0.3, 0.4) is 0 Å². The smallest absolute Gasteiger partial charge is 0.204 e. The zero-order valence-electron chi connectivity index (χ0n) is 11.0. The van der Waals surface area contributed by atoms with E-state index in [-0.39, 0.29) is 28.1 Å². The van der Waals surface area contributed by atoms with Crippen LogP contribution >= 0.6 is 0 Å². The van der Waals surface area contributed by atoms with Crippen LogP contribution in [0.25, 0.3) is 21.8 Å². The molecule has 3 aromatic rings. The van der Waals surface area contributed by atoms with Crippen LogP contribution in [0.5, 0.6) is 17.2 Å². The van der Waals surface area contributed by atoms with Crippen LogP contribution in [-0.4, -0.2) is 21.9 Å². The van der Waals surface area contributed by atoms with E-state index in [1.54, 1.807) is 23.7 Å². The van der Waals surface area contributed by atoms with Gasteiger partial charge in [-0.2, -0.15) is 0 Å². The average Bonchev–Trinajstić information content (AvgIpc) is 2.43. The first-order valence-electron chi connectivity index (χ1n) is 6.06. The average molecular weight is 271 g/mol. The van der Waals surface area contributed by atoms with Gasteiger partial charge in [-0.05, 0) is 12.1 Å². The van der Waals surface area contributed by atoms with Gasteiger partial charge in [0.25, 0.3) is 0 Å². The minimum absolute atomic E-state index is 0.0175. The number of rotatable bonds is 1. The maximum Gasteiger partial charge on any atom is 0.204 e. The summed E-state index contributed by atoms with van der Waals surface area (Å²) in [5.41, 5.74) is 0.822. The quantitative estimate of drug-likeness (QED) is 0.665. The Balaban J connectivity index is 2.70. The van der Waals surface area contributed by atoms with Crippen molar-refractivity contribution in [2.24, 2.45) is 7.05 Å². The molecule has 0 bridgehead atoms. The number of aryl methyl sites for hydroxylation is 1. The topological polar surface area (TPSA) is 71.7 Å². The Morgan fingerprint density at radius 3 is 2.55 bits per heavy atom. The summed E-state index contributed by atoms with van der Waals surface area (Å²) in [7, 11) is 3.20. The highest BCUT2D eigenvalue weighted by molar-refractivity contribution is 5.99. The summed E-state index contributed by atoms with van der Waals surface area (Å²) >= 11 is 0. The molecule has 0 aliphatic carbocycles. The van der Waals surface area contributed by atoms with E-state index in [1.807, 2.05) is 0 Å². The SMILES string of the molecule is COc1cc(O)cc2c1c(=O)c1c(O)cccc1n2C. The number of aromatic nitrogens is 1. The zero-order chi connectivity index (χ0) is 14.4. The molecule has 0 aliphatic rings. The molecule has 1 aromatic heterocycles. The lowest BCUT2D eigenvalue weighted by Crippen LogP contribution is -2.10. The van der Waals surface area contributed by atoms with Gasteiger partial charge in [0, 0.05) is 19.2 Å².